The van der Waals surface area contributed by atoms with Crippen LogP contribution in [0.2, 0.25) is 0 Å². The molecule has 1 heterocycles. The van der Waals surface area contributed by atoms with E-state index in [-0.39, 0.29) is 0 Å². The Hall–Kier alpha value is -2.62. The van der Waals surface area contributed by atoms with Gasteiger partial charge in [-0.1, -0.05) is 12.1 Å². The zero-order valence-corrected chi connectivity index (χ0v) is 14.7. The quantitative estimate of drug-likeness (QED) is 0.767. The van der Waals surface area contributed by atoms with Crippen molar-refractivity contribution in [2.75, 3.05) is 0 Å². The minimum absolute atomic E-state index is 0.686. The molecule has 2 aromatic carbocycles. The molecule has 0 fully saturated rings. The van der Waals surface area contributed by atoms with Crippen LogP contribution in [0.4, 0.5) is 0 Å². The fourth-order valence-corrected chi connectivity index (χ4v) is 2.94. The van der Waals surface area contributed by atoms with E-state index >= 15 is 0 Å². The van der Waals surface area contributed by atoms with Crippen molar-refractivity contribution in [3.8, 4) is 11.4 Å². The van der Waals surface area contributed by atoms with E-state index in [1.807, 2.05) is 36.6 Å². The second-order valence-electron chi connectivity index (χ2n) is 6.54. The van der Waals surface area contributed by atoms with Crippen molar-refractivity contribution >= 4 is 17.0 Å². The first kappa shape index (κ1) is 16.2. The number of hydrogen-bond donors (Lipinski definition) is 1. The van der Waals surface area contributed by atoms with E-state index in [2.05, 4.69) is 26.0 Å². The maximum atomic E-state index is 11.6. The van der Waals surface area contributed by atoms with Crippen molar-refractivity contribution in [1.29, 1.82) is 0 Å². The number of aliphatic carboxylic acids is 1. The standard InChI is InChI=1S/C20H22N2O2/c1-11-6-7-16(8-12(11)2)19-21-17-9-13(3)14(4)10-18(17)22(19)15(5)20(23)24/h6-10,15H,1-5H3,(H,23,24). The molecule has 0 aliphatic rings. The molecule has 0 saturated heterocycles. The normalized spacial score (nSPS) is 12.5. The summed E-state index contributed by atoms with van der Waals surface area (Å²) in [4.78, 5) is 16.4. The Morgan fingerprint density at radius 2 is 1.62 bits per heavy atom. The number of carbonyl (C=O) groups is 1. The lowest BCUT2D eigenvalue weighted by atomic mass is 10.1. The fraction of sp³-hybridized carbons (Fsp3) is 0.300. The van der Waals surface area contributed by atoms with Gasteiger partial charge in [-0.3, -0.25) is 0 Å². The molecule has 4 nitrogen and oxygen atoms in total. The highest BCUT2D eigenvalue weighted by molar-refractivity contribution is 5.85. The minimum atomic E-state index is -0.863. The molecule has 1 aromatic heterocycles. The van der Waals surface area contributed by atoms with Crippen LogP contribution in [0.5, 0.6) is 0 Å². The fourth-order valence-electron chi connectivity index (χ4n) is 2.94. The number of benzene rings is 2. The molecule has 3 aromatic rings. The molecule has 0 aliphatic carbocycles. The second kappa shape index (κ2) is 5.78. The van der Waals surface area contributed by atoms with Gasteiger partial charge in [-0.05, 0) is 75.1 Å². The monoisotopic (exact) mass is 322 g/mol. The highest BCUT2D eigenvalue weighted by Crippen LogP contribution is 2.31. The van der Waals surface area contributed by atoms with Gasteiger partial charge in [-0.25, -0.2) is 9.78 Å². The van der Waals surface area contributed by atoms with Gasteiger partial charge in [-0.15, -0.1) is 0 Å². The van der Waals surface area contributed by atoms with Crippen molar-refractivity contribution in [1.82, 2.24) is 9.55 Å². The summed E-state index contributed by atoms with van der Waals surface area (Å²) in [6.45, 7) is 9.90. The number of rotatable bonds is 3. The van der Waals surface area contributed by atoms with Crippen LogP contribution in [0.25, 0.3) is 22.4 Å². The predicted molar refractivity (Wildman–Crippen MR) is 96.5 cm³/mol. The van der Waals surface area contributed by atoms with Gasteiger partial charge in [0.25, 0.3) is 0 Å². The van der Waals surface area contributed by atoms with Crippen molar-refractivity contribution in [2.24, 2.45) is 0 Å². The second-order valence-corrected chi connectivity index (χ2v) is 6.54. The Bertz CT molecular complexity index is 954. The molecule has 1 atom stereocenters. The minimum Gasteiger partial charge on any atom is -0.480 e. The molecule has 0 saturated carbocycles. The smallest absolute Gasteiger partial charge is 0.326 e. The Morgan fingerprint density at radius 3 is 2.25 bits per heavy atom. The third-order valence-corrected chi connectivity index (χ3v) is 4.81. The first-order valence-electron chi connectivity index (χ1n) is 8.09. The molecule has 1 unspecified atom stereocenters. The summed E-state index contributed by atoms with van der Waals surface area (Å²) in [5.41, 5.74) is 7.30. The van der Waals surface area contributed by atoms with Crippen LogP contribution in [0.1, 0.15) is 35.2 Å². The number of nitrogens with zero attached hydrogens (tertiary/aromatic N) is 2. The summed E-state index contributed by atoms with van der Waals surface area (Å²) in [6, 6.07) is 9.50. The summed E-state index contributed by atoms with van der Waals surface area (Å²) < 4.78 is 1.83. The number of carboxylic acid groups (broad SMARTS) is 1. The number of fused-ring (bicyclic) bond motifs is 1. The van der Waals surface area contributed by atoms with Gasteiger partial charge >= 0.3 is 5.97 Å². The van der Waals surface area contributed by atoms with E-state index in [1.165, 1.54) is 11.1 Å². The molecular formula is C20H22N2O2. The molecule has 3 rings (SSSR count). The third kappa shape index (κ3) is 2.58. The highest BCUT2D eigenvalue weighted by atomic mass is 16.4. The average Bonchev–Trinajstić information content (AvgIpc) is 2.87. The number of aromatic nitrogens is 2. The topological polar surface area (TPSA) is 55.1 Å². The van der Waals surface area contributed by atoms with E-state index in [9.17, 15) is 9.90 Å². The van der Waals surface area contributed by atoms with E-state index in [0.29, 0.717) is 5.82 Å². The molecule has 124 valence electrons. The van der Waals surface area contributed by atoms with Gasteiger partial charge in [0.1, 0.15) is 11.9 Å². The summed E-state index contributed by atoms with van der Waals surface area (Å²) >= 11 is 0. The van der Waals surface area contributed by atoms with Crippen molar-refractivity contribution in [3.05, 3.63) is 52.6 Å². The molecule has 0 amide bonds. The summed E-state index contributed by atoms with van der Waals surface area (Å²) in [7, 11) is 0. The molecule has 0 radical (unpaired) electrons. The lowest BCUT2D eigenvalue weighted by Crippen LogP contribution is -2.16. The number of aryl methyl sites for hydroxylation is 4. The Morgan fingerprint density at radius 1 is 1.00 bits per heavy atom. The van der Waals surface area contributed by atoms with Crippen molar-refractivity contribution < 1.29 is 9.90 Å². The van der Waals surface area contributed by atoms with Crippen LogP contribution in [0, 0.1) is 27.7 Å². The van der Waals surface area contributed by atoms with Crippen LogP contribution < -0.4 is 0 Å². The molecular weight excluding hydrogens is 300 g/mol. The Kier molecular flexibility index (Phi) is 3.91. The highest BCUT2D eigenvalue weighted by Gasteiger charge is 2.22. The SMILES string of the molecule is Cc1ccc(-c2nc3cc(C)c(C)cc3n2C(C)C(=O)O)cc1C. The molecule has 24 heavy (non-hydrogen) atoms. The molecule has 1 N–H and O–H groups in total. The lowest BCUT2D eigenvalue weighted by molar-refractivity contribution is -0.140. The summed E-state index contributed by atoms with van der Waals surface area (Å²) in [5, 5.41) is 9.56. The van der Waals surface area contributed by atoms with Crippen LogP contribution >= 0.6 is 0 Å². The zero-order valence-electron chi connectivity index (χ0n) is 14.7. The number of carboxylic acids is 1. The van der Waals surface area contributed by atoms with Crippen LogP contribution in [0.15, 0.2) is 30.3 Å². The van der Waals surface area contributed by atoms with Gasteiger partial charge in [0, 0.05) is 5.56 Å². The van der Waals surface area contributed by atoms with Crippen LogP contribution in [-0.4, -0.2) is 20.6 Å². The Labute approximate surface area is 141 Å². The van der Waals surface area contributed by atoms with Gasteiger partial charge in [0.15, 0.2) is 0 Å². The van der Waals surface area contributed by atoms with E-state index in [0.717, 1.165) is 27.7 Å². The summed E-state index contributed by atoms with van der Waals surface area (Å²) in [6.07, 6.45) is 0. The van der Waals surface area contributed by atoms with Gasteiger partial charge in [0.05, 0.1) is 11.0 Å². The zero-order chi connectivity index (χ0) is 17.6. The van der Waals surface area contributed by atoms with Gasteiger partial charge < -0.3 is 9.67 Å². The largest absolute Gasteiger partial charge is 0.480 e. The molecule has 0 spiro atoms. The van der Waals surface area contributed by atoms with Crippen molar-refractivity contribution in [3.63, 3.8) is 0 Å². The molecule has 0 aliphatic heterocycles. The maximum absolute atomic E-state index is 11.6. The van der Waals surface area contributed by atoms with Crippen LogP contribution in [-0.2, 0) is 4.79 Å². The maximum Gasteiger partial charge on any atom is 0.326 e. The number of imidazole rings is 1. The van der Waals surface area contributed by atoms with E-state index < -0.39 is 12.0 Å². The first-order chi connectivity index (χ1) is 11.3. The number of hydrogen-bond acceptors (Lipinski definition) is 2. The lowest BCUT2D eigenvalue weighted by Gasteiger charge is -2.15. The van der Waals surface area contributed by atoms with Crippen LogP contribution in [0.3, 0.4) is 0 Å². The predicted octanol–water partition coefficient (Wildman–Crippen LogP) is 4.58. The van der Waals surface area contributed by atoms with Crippen molar-refractivity contribution in [2.45, 2.75) is 40.7 Å². The van der Waals surface area contributed by atoms with E-state index in [4.69, 9.17) is 4.98 Å². The summed E-state index contributed by atoms with van der Waals surface area (Å²) in [5.74, 6) is -0.161. The third-order valence-electron chi connectivity index (χ3n) is 4.81. The van der Waals surface area contributed by atoms with Gasteiger partial charge in [0.2, 0.25) is 0 Å². The average molecular weight is 322 g/mol. The molecule has 0 bridgehead atoms. The Balaban J connectivity index is 2.35. The van der Waals surface area contributed by atoms with Gasteiger partial charge in [-0.2, -0.15) is 0 Å². The van der Waals surface area contributed by atoms with E-state index in [1.54, 1.807) is 6.92 Å². The molecule has 4 heteroatoms. The first-order valence-corrected chi connectivity index (χ1v) is 8.09.